The van der Waals surface area contributed by atoms with Gasteiger partial charge in [-0.2, -0.15) is 0 Å². The summed E-state index contributed by atoms with van der Waals surface area (Å²) in [6.07, 6.45) is 0. The lowest BCUT2D eigenvalue weighted by Crippen LogP contribution is -1.95. The zero-order chi connectivity index (χ0) is 15.4. The molecule has 0 saturated heterocycles. The van der Waals surface area contributed by atoms with Crippen LogP contribution < -0.4 is 9.47 Å². The summed E-state index contributed by atoms with van der Waals surface area (Å²) in [5, 5.41) is 8.51. The van der Waals surface area contributed by atoms with Gasteiger partial charge in [-0.05, 0) is 36.4 Å². The van der Waals surface area contributed by atoms with Crippen LogP contribution >= 0.6 is 11.6 Å². The van der Waals surface area contributed by atoms with Crippen LogP contribution in [0.2, 0.25) is 5.02 Å². The van der Waals surface area contributed by atoms with E-state index in [2.05, 4.69) is 10.2 Å². The van der Waals surface area contributed by atoms with Gasteiger partial charge in [0.1, 0.15) is 11.5 Å². The molecule has 3 rings (SSSR count). The Morgan fingerprint density at radius 1 is 1.05 bits per heavy atom. The summed E-state index contributed by atoms with van der Waals surface area (Å²) < 4.78 is 16.2. The summed E-state index contributed by atoms with van der Waals surface area (Å²) in [5.41, 5.74) is 0.817. The van der Waals surface area contributed by atoms with Crippen molar-refractivity contribution >= 4 is 11.6 Å². The third-order valence-electron chi connectivity index (χ3n) is 2.99. The van der Waals surface area contributed by atoms with E-state index in [1.807, 2.05) is 36.4 Å². The number of methoxy groups -OCH3 is 1. The van der Waals surface area contributed by atoms with Crippen LogP contribution in [0.5, 0.6) is 11.5 Å². The fourth-order valence-corrected chi connectivity index (χ4v) is 2.05. The molecule has 1 aromatic heterocycles. The second-order valence-corrected chi connectivity index (χ2v) is 4.86. The lowest BCUT2D eigenvalue weighted by molar-refractivity contribution is 0.264. The minimum absolute atomic E-state index is 0.160. The molecule has 1 heterocycles. The van der Waals surface area contributed by atoms with Crippen molar-refractivity contribution < 1.29 is 13.9 Å². The molecule has 0 N–H and O–H groups in total. The largest absolute Gasteiger partial charge is 0.497 e. The maximum absolute atomic E-state index is 6.02. The quantitative estimate of drug-likeness (QED) is 0.712. The topological polar surface area (TPSA) is 57.4 Å². The van der Waals surface area contributed by atoms with Crippen LogP contribution in [0.4, 0.5) is 0 Å². The first-order valence-electron chi connectivity index (χ1n) is 6.60. The molecule has 0 aliphatic heterocycles. The smallest absolute Gasteiger partial charge is 0.254 e. The minimum Gasteiger partial charge on any atom is -0.497 e. The van der Waals surface area contributed by atoms with Crippen LogP contribution in [0.15, 0.2) is 52.9 Å². The van der Waals surface area contributed by atoms with Crippen molar-refractivity contribution in [3.63, 3.8) is 0 Å². The first-order chi connectivity index (χ1) is 10.8. The molecule has 5 nitrogen and oxygen atoms in total. The summed E-state index contributed by atoms with van der Waals surface area (Å²) in [4.78, 5) is 0. The molecule has 0 saturated carbocycles. The fraction of sp³-hybridized carbons (Fsp3) is 0.125. The predicted molar refractivity (Wildman–Crippen MR) is 82.1 cm³/mol. The average Bonchev–Trinajstić information content (AvgIpc) is 3.03. The number of rotatable bonds is 5. The lowest BCUT2D eigenvalue weighted by Gasteiger charge is -2.04. The van der Waals surface area contributed by atoms with Crippen molar-refractivity contribution in [2.45, 2.75) is 6.61 Å². The van der Waals surface area contributed by atoms with Crippen LogP contribution in [0, 0.1) is 0 Å². The molecule has 6 heteroatoms. The normalized spacial score (nSPS) is 10.5. The van der Waals surface area contributed by atoms with E-state index in [0.29, 0.717) is 22.6 Å². The van der Waals surface area contributed by atoms with Gasteiger partial charge in [0, 0.05) is 5.56 Å². The number of ether oxygens (including phenoxy) is 2. The summed E-state index contributed by atoms with van der Waals surface area (Å²) >= 11 is 6.02. The first kappa shape index (κ1) is 14.4. The van der Waals surface area contributed by atoms with E-state index < -0.39 is 0 Å². The van der Waals surface area contributed by atoms with Gasteiger partial charge in [0.15, 0.2) is 6.61 Å². The van der Waals surface area contributed by atoms with Gasteiger partial charge in [-0.15, -0.1) is 10.2 Å². The van der Waals surface area contributed by atoms with Gasteiger partial charge >= 0.3 is 0 Å². The van der Waals surface area contributed by atoms with Crippen molar-refractivity contribution in [1.29, 1.82) is 0 Å². The second kappa shape index (κ2) is 6.49. The predicted octanol–water partition coefficient (Wildman–Crippen LogP) is 3.98. The molecule has 0 fully saturated rings. The molecule has 0 spiro atoms. The second-order valence-electron chi connectivity index (χ2n) is 4.45. The van der Waals surface area contributed by atoms with Crippen molar-refractivity contribution in [3.8, 4) is 23.0 Å². The number of halogens is 1. The van der Waals surface area contributed by atoms with Crippen LogP contribution in [0.25, 0.3) is 11.5 Å². The van der Waals surface area contributed by atoms with Crippen molar-refractivity contribution in [2.75, 3.05) is 7.11 Å². The van der Waals surface area contributed by atoms with E-state index in [1.54, 1.807) is 19.2 Å². The zero-order valence-electron chi connectivity index (χ0n) is 11.8. The maximum Gasteiger partial charge on any atom is 0.254 e. The highest BCUT2D eigenvalue weighted by atomic mass is 35.5. The number of para-hydroxylation sites is 1. The number of aromatic nitrogens is 2. The Kier molecular flexibility index (Phi) is 4.25. The molecule has 0 radical (unpaired) electrons. The van der Waals surface area contributed by atoms with E-state index in [9.17, 15) is 0 Å². The third-order valence-corrected chi connectivity index (χ3v) is 3.30. The standard InChI is InChI=1S/C16H13ClN2O3/c1-20-12-8-6-11(7-9-12)16-19-18-15(22-16)10-21-14-5-3-2-4-13(14)17/h2-9H,10H2,1H3. The van der Waals surface area contributed by atoms with Crippen molar-refractivity contribution in [2.24, 2.45) is 0 Å². The Bertz CT molecular complexity index is 756. The molecule has 2 aromatic carbocycles. The monoisotopic (exact) mass is 316 g/mol. The summed E-state index contributed by atoms with van der Waals surface area (Å²) in [7, 11) is 1.62. The van der Waals surface area contributed by atoms with E-state index in [-0.39, 0.29) is 6.61 Å². The molecule has 0 bridgehead atoms. The number of hydrogen-bond acceptors (Lipinski definition) is 5. The summed E-state index contributed by atoms with van der Waals surface area (Å²) in [6.45, 7) is 0.160. The summed E-state index contributed by atoms with van der Waals surface area (Å²) in [6, 6.07) is 14.6. The highest BCUT2D eigenvalue weighted by Crippen LogP contribution is 2.25. The van der Waals surface area contributed by atoms with Gasteiger partial charge in [0.05, 0.1) is 12.1 Å². The molecule has 0 aliphatic carbocycles. The van der Waals surface area contributed by atoms with E-state index >= 15 is 0 Å². The van der Waals surface area contributed by atoms with Crippen LogP contribution in [-0.2, 0) is 6.61 Å². The molecule has 0 unspecified atom stereocenters. The molecule has 22 heavy (non-hydrogen) atoms. The van der Waals surface area contributed by atoms with Crippen molar-refractivity contribution in [3.05, 3.63) is 59.4 Å². The van der Waals surface area contributed by atoms with Crippen molar-refractivity contribution in [1.82, 2.24) is 10.2 Å². The highest BCUT2D eigenvalue weighted by Gasteiger charge is 2.10. The fourth-order valence-electron chi connectivity index (χ4n) is 1.86. The van der Waals surface area contributed by atoms with E-state index in [0.717, 1.165) is 11.3 Å². The lowest BCUT2D eigenvalue weighted by atomic mass is 10.2. The van der Waals surface area contributed by atoms with Crippen LogP contribution in [0.1, 0.15) is 5.89 Å². The van der Waals surface area contributed by atoms with Gasteiger partial charge in [0.2, 0.25) is 5.89 Å². The van der Waals surface area contributed by atoms with Gasteiger partial charge in [-0.3, -0.25) is 0 Å². The van der Waals surface area contributed by atoms with Crippen LogP contribution in [-0.4, -0.2) is 17.3 Å². The molecular weight excluding hydrogens is 304 g/mol. The Balaban J connectivity index is 1.69. The maximum atomic E-state index is 6.02. The first-order valence-corrected chi connectivity index (χ1v) is 6.98. The average molecular weight is 317 g/mol. The third kappa shape index (κ3) is 3.20. The minimum atomic E-state index is 0.160. The SMILES string of the molecule is COc1ccc(-c2nnc(COc3ccccc3Cl)o2)cc1. The summed E-state index contributed by atoms with van der Waals surface area (Å²) in [5.74, 6) is 2.16. The van der Waals surface area contributed by atoms with Gasteiger partial charge in [0.25, 0.3) is 5.89 Å². The molecule has 0 aliphatic rings. The molecule has 0 atom stereocenters. The van der Waals surface area contributed by atoms with Crippen LogP contribution in [0.3, 0.4) is 0 Å². The Morgan fingerprint density at radius 2 is 1.82 bits per heavy atom. The number of nitrogens with zero attached hydrogens (tertiary/aromatic N) is 2. The molecular formula is C16H13ClN2O3. The van der Waals surface area contributed by atoms with E-state index in [1.165, 1.54) is 0 Å². The highest BCUT2D eigenvalue weighted by molar-refractivity contribution is 6.32. The Labute approximate surface area is 132 Å². The zero-order valence-corrected chi connectivity index (χ0v) is 12.6. The molecule has 3 aromatic rings. The Hall–Kier alpha value is -2.53. The molecule has 0 amide bonds. The number of benzene rings is 2. The number of hydrogen-bond donors (Lipinski definition) is 0. The van der Waals surface area contributed by atoms with E-state index in [4.69, 9.17) is 25.5 Å². The Morgan fingerprint density at radius 3 is 2.55 bits per heavy atom. The molecule has 112 valence electrons. The van der Waals surface area contributed by atoms with Gasteiger partial charge in [-0.25, -0.2) is 0 Å². The van der Waals surface area contributed by atoms with Gasteiger partial charge < -0.3 is 13.9 Å². The van der Waals surface area contributed by atoms with Gasteiger partial charge in [-0.1, -0.05) is 23.7 Å².